The maximum absolute atomic E-state index is 13.7. The summed E-state index contributed by atoms with van der Waals surface area (Å²) in [6.07, 6.45) is 3.30. The number of benzene rings is 2. The summed E-state index contributed by atoms with van der Waals surface area (Å²) >= 11 is 0. The van der Waals surface area contributed by atoms with Crippen LogP contribution in [0.2, 0.25) is 0 Å². The standard InChI is InChI=1S/C16H11FN2O2/c17-14-8-11(20)4-5-12(14)16(21)19-15-3-1-2-10-6-7-18-9-13(10)15/h1-9,20H,(H,19,21). The number of nitrogens with zero attached hydrogens (tertiary/aromatic N) is 1. The van der Waals surface area contributed by atoms with E-state index in [9.17, 15) is 14.3 Å². The predicted octanol–water partition coefficient (Wildman–Crippen LogP) is 3.33. The van der Waals surface area contributed by atoms with Gasteiger partial charge in [-0.05, 0) is 29.7 Å². The van der Waals surface area contributed by atoms with Crippen LogP contribution in [0.1, 0.15) is 10.4 Å². The molecule has 0 atom stereocenters. The van der Waals surface area contributed by atoms with E-state index in [0.717, 1.165) is 16.8 Å². The van der Waals surface area contributed by atoms with Crippen LogP contribution in [0.4, 0.5) is 10.1 Å². The summed E-state index contributed by atoms with van der Waals surface area (Å²) < 4.78 is 13.7. The molecule has 0 radical (unpaired) electrons. The van der Waals surface area contributed by atoms with Crippen molar-refractivity contribution in [2.45, 2.75) is 0 Å². The molecule has 1 heterocycles. The van der Waals surface area contributed by atoms with Crippen molar-refractivity contribution in [1.82, 2.24) is 4.98 Å². The Morgan fingerprint density at radius 3 is 2.86 bits per heavy atom. The van der Waals surface area contributed by atoms with Gasteiger partial charge >= 0.3 is 0 Å². The van der Waals surface area contributed by atoms with Gasteiger partial charge in [0, 0.05) is 23.8 Å². The molecule has 1 aromatic heterocycles. The minimum absolute atomic E-state index is 0.131. The maximum atomic E-state index is 13.7. The number of fused-ring (bicyclic) bond motifs is 1. The molecule has 0 saturated heterocycles. The van der Waals surface area contributed by atoms with Crippen molar-refractivity contribution < 1.29 is 14.3 Å². The molecule has 0 aliphatic rings. The number of rotatable bonds is 2. The van der Waals surface area contributed by atoms with Crippen LogP contribution in [0.3, 0.4) is 0 Å². The lowest BCUT2D eigenvalue weighted by Gasteiger charge is -2.09. The van der Waals surface area contributed by atoms with E-state index in [1.54, 1.807) is 24.5 Å². The van der Waals surface area contributed by atoms with Crippen LogP contribution in [0, 0.1) is 5.82 Å². The second kappa shape index (κ2) is 5.20. The molecule has 2 aromatic carbocycles. The maximum Gasteiger partial charge on any atom is 0.258 e. The number of carbonyl (C=O) groups excluding carboxylic acids is 1. The summed E-state index contributed by atoms with van der Waals surface area (Å²) in [5.74, 6) is -1.58. The number of hydrogen-bond donors (Lipinski definition) is 2. The monoisotopic (exact) mass is 282 g/mol. The molecule has 0 aliphatic heterocycles. The molecule has 0 fully saturated rings. The smallest absolute Gasteiger partial charge is 0.258 e. The molecule has 0 bridgehead atoms. The molecule has 0 spiro atoms. The number of halogens is 1. The number of phenols is 1. The number of hydrogen-bond acceptors (Lipinski definition) is 3. The van der Waals surface area contributed by atoms with Crippen LogP contribution in [0.15, 0.2) is 54.9 Å². The number of aromatic hydroxyl groups is 1. The first kappa shape index (κ1) is 13.1. The Bertz CT molecular complexity index is 828. The Balaban J connectivity index is 1.97. The van der Waals surface area contributed by atoms with Gasteiger partial charge in [-0.25, -0.2) is 4.39 Å². The first-order valence-electron chi connectivity index (χ1n) is 6.28. The highest BCUT2D eigenvalue weighted by atomic mass is 19.1. The first-order valence-corrected chi connectivity index (χ1v) is 6.28. The molecular weight excluding hydrogens is 271 g/mol. The summed E-state index contributed by atoms with van der Waals surface area (Å²) in [4.78, 5) is 16.2. The zero-order chi connectivity index (χ0) is 14.8. The normalized spacial score (nSPS) is 10.5. The summed E-state index contributed by atoms with van der Waals surface area (Å²) in [5.41, 5.74) is 0.423. The molecular formula is C16H11FN2O2. The Labute approximate surface area is 119 Å². The molecule has 0 aliphatic carbocycles. The first-order chi connectivity index (χ1) is 10.1. The van der Waals surface area contributed by atoms with Crippen LogP contribution >= 0.6 is 0 Å². The molecule has 3 rings (SSSR count). The van der Waals surface area contributed by atoms with Crippen molar-refractivity contribution in [2.75, 3.05) is 5.32 Å². The van der Waals surface area contributed by atoms with Crippen molar-refractivity contribution in [3.8, 4) is 5.75 Å². The summed E-state index contributed by atoms with van der Waals surface area (Å²) in [5, 5.41) is 13.5. The average molecular weight is 282 g/mol. The molecule has 0 saturated carbocycles. The Hall–Kier alpha value is -2.95. The summed E-state index contributed by atoms with van der Waals surface area (Å²) in [7, 11) is 0. The van der Waals surface area contributed by atoms with E-state index in [1.165, 1.54) is 12.1 Å². The summed E-state index contributed by atoms with van der Waals surface area (Å²) in [6.45, 7) is 0. The lowest BCUT2D eigenvalue weighted by Crippen LogP contribution is -2.13. The highest BCUT2D eigenvalue weighted by Crippen LogP contribution is 2.23. The quantitative estimate of drug-likeness (QED) is 0.757. The third-order valence-corrected chi connectivity index (χ3v) is 3.13. The molecule has 2 N–H and O–H groups in total. The molecule has 4 nitrogen and oxygen atoms in total. The largest absolute Gasteiger partial charge is 0.508 e. The number of carbonyl (C=O) groups is 1. The van der Waals surface area contributed by atoms with Crippen molar-refractivity contribution in [3.63, 3.8) is 0 Å². The Morgan fingerprint density at radius 2 is 2.05 bits per heavy atom. The van der Waals surface area contributed by atoms with E-state index in [-0.39, 0.29) is 11.3 Å². The molecule has 104 valence electrons. The molecule has 3 aromatic rings. The lowest BCUT2D eigenvalue weighted by atomic mass is 10.1. The van der Waals surface area contributed by atoms with Gasteiger partial charge in [-0.1, -0.05) is 12.1 Å². The van der Waals surface area contributed by atoms with Gasteiger partial charge in [-0.3, -0.25) is 9.78 Å². The van der Waals surface area contributed by atoms with E-state index in [2.05, 4.69) is 10.3 Å². The average Bonchev–Trinajstić information content (AvgIpc) is 2.47. The van der Waals surface area contributed by atoms with E-state index in [0.29, 0.717) is 5.69 Å². The van der Waals surface area contributed by atoms with Crippen LogP contribution in [-0.4, -0.2) is 16.0 Å². The Morgan fingerprint density at radius 1 is 1.19 bits per heavy atom. The minimum Gasteiger partial charge on any atom is -0.508 e. The van der Waals surface area contributed by atoms with E-state index in [1.807, 2.05) is 12.1 Å². The van der Waals surface area contributed by atoms with Gasteiger partial charge in [0.25, 0.3) is 5.91 Å². The highest BCUT2D eigenvalue weighted by molar-refractivity contribution is 6.09. The van der Waals surface area contributed by atoms with E-state index in [4.69, 9.17) is 0 Å². The van der Waals surface area contributed by atoms with Gasteiger partial charge < -0.3 is 10.4 Å². The Kier molecular flexibility index (Phi) is 3.23. The highest BCUT2D eigenvalue weighted by Gasteiger charge is 2.13. The summed E-state index contributed by atoms with van der Waals surface area (Å²) in [6, 6.07) is 10.6. The fourth-order valence-electron chi connectivity index (χ4n) is 2.10. The molecule has 21 heavy (non-hydrogen) atoms. The predicted molar refractivity (Wildman–Crippen MR) is 77.8 cm³/mol. The van der Waals surface area contributed by atoms with Crippen molar-refractivity contribution >= 4 is 22.4 Å². The van der Waals surface area contributed by atoms with Crippen LogP contribution in [0.25, 0.3) is 10.8 Å². The number of amides is 1. The zero-order valence-electron chi connectivity index (χ0n) is 10.9. The van der Waals surface area contributed by atoms with E-state index < -0.39 is 11.7 Å². The molecule has 5 heteroatoms. The van der Waals surface area contributed by atoms with E-state index >= 15 is 0 Å². The number of nitrogens with one attached hydrogen (secondary N) is 1. The molecule has 0 unspecified atom stereocenters. The van der Waals surface area contributed by atoms with Crippen molar-refractivity contribution in [1.29, 1.82) is 0 Å². The van der Waals surface area contributed by atoms with Crippen molar-refractivity contribution in [3.05, 3.63) is 66.2 Å². The number of anilines is 1. The van der Waals surface area contributed by atoms with Gasteiger partial charge in [0.2, 0.25) is 0 Å². The van der Waals surface area contributed by atoms with Gasteiger partial charge in [-0.15, -0.1) is 0 Å². The minimum atomic E-state index is -0.772. The van der Waals surface area contributed by atoms with Gasteiger partial charge in [0.15, 0.2) is 0 Å². The lowest BCUT2D eigenvalue weighted by molar-refractivity contribution is 0.102. The second-order valence-electron chi connectivity index (χ2n) is 4.52. The van der Waals surface area contributed by atoms with Gasteiger partial charge in [-0.2, -0.15) is 0 Å². The third kappa shape index (κ3) is 2.53. The SMILES string of the molecule is O=C(Nc1cccc2ccncc12)c1ccc(O)cc1F. The van der Waals surface area contributed by atoms with Crippen molar-refractivity contribution in [2.24, 2.45) is 0 Å². The fraction of sp³-hybridized carbons (Fsp3) is 0. The van der Waals surface area contributed by atoms with Crippen LogP contribution in [0.5, 0.6) is 5.75 Å². The number of phenolic OH excluding ortho intramolecular Hbond substituents is 1. The zero-order valence-corrected chi connectivity index (χ0v) is 10.9. The topological polar surface area (TPSA) is 62.2 Å². The fourth-order valence-corrected chi connectivity index (χ4v) is 2.10. The van der Waals surface area contributed by atoms with Crippen LogP contribution < -0.4 is 5.32 Å². The third-order valence-electron chi connectivity index (χ3n) is 3.13. The van der Waals surface area contributed by atoms with Gasteiger partial charge in [0.05, 0.1) is 11.3 Å². The second-order valence-corrected chi connectivity index (χ2v) is 4.52. The number of pyridine rings is 1. The number of aromatic nitrogens is 1. The molecule has 1 amide bonds. The van der Waals surface area contributed by atoms with Crippen LogP contribution in [-0.2, 0) is 0 Å². The van der Waals surface area contributed by atoms with Gasteiger partial charge in [0.1, 0.15) is 11.6 Å².